The second-order valence-corrected chi connectivity index (χ2v) is 4.30. The number of hydrogen-bond donors (Lipinski definition) is 1. The van der Waals surface area contributed by atoms with Gasteiger partial charge in [0.05, 0.1) is 5.92 Å². The van der Waals surface area contributed by atoms with Gasteiger partial charge >= 0.3 is 5.97 Å². The zero-order valence-electron chi connectivity index (χ0n) is 6.78. The number of hydrogen-bond acceptors (Lipinski definition) is 2. The summed E-state index contributed by atoms with van der Waals surface area (Å²) in [5.74, 6) is -0.671. The van der Waals surface area contributed by atoms with Gasteiger partial charge in [-0.25, -0.2) is 0 Å². The van der Waals surface area contributed by atoms with Crippen molar-refractivity contribution >= 4 is 17.3 Å². The van der Waals surface area contributed by atoms with Crippen LogP contribution in [0, 0.1) is 5.92 Å². The molecule has 0 fully saturated rings. The van der Waals surface area contributed by atoms with E-state index >= 15 is 0 Å². The van der Waals surface area contributed by atoms with Crippen LogP contribution in [0.1, 0.15) is 23.3 Å². The molecule has 0 spiro atoms. The molecule has 0 saturated carbocycles. The molecule has 0 aliphatic heterocycles. The van der Waals surface area contributed by atoms with Crippen LogP contribution in [0.2, 0.25) is 0 Å². The van der Waals surface area contributed by atoms with E-state index in [1.807, 2.05) is 18.4 Å². The number of aliphatic carboxylic acids is 1. The number of rotatable bonds is 1. The highest BCUT2D eigenvalue weighted by Crippen LogP contribution is 2.40. The molecule has 12 heavy (non-hydrogen) atoms. The van der Waals surface area contributed by atoms with Crippen LogP contribution in [0.25, 0.3) is 0 Å². The highest BCUT2D eigenvalue weighted by molar-refractivity contribution is 7.10. The predicted octanol–water partition coefficient (Wildman–Crippen LogP) is 2.11. The Kier molecular flexibility index (Phi) is 1.68. The molecule has 1 aliphatic carbocycles. The van der Waals surface area contributed by atoms with Crippen molar-refractivity contribution in [3.63, 3.8) is 0 Å². The van der Waals surface area contributed by atoms with E-state index in [1.54, 1.807) is 11.3 Å². The van der Waals surface area contributed by atoms with Crippen LogP contribution in [0.15, 0.2) is 11.4 Å². The van der Waals surface area contributed by atoms with E-state index in [4.69, 9.17) is 5.11 Å². The molecule has 2 nitrogen and oxygen atoms in total. The SMILES string of the molecule is CC1Cc2sccc2C1C(=O)O. The first-order valence-corrected chi connectivity index (χ1v) is 4.87. The molecule has 2 rings (SSSR count). The Hall–Kier alpha value is -0.830. The summed E-state index contributed by atoms with van der Waals surface area (Å²) < 4.78 is 0. The second-order valence-electron chi connectivity index (χ2n) is 3.30. The minimum atomic E-state index is -0.681. The molecule has 1 N–H and O–H groups in total. The van der Waals surface area contributed by atoms with E-state index in [0.29, 0.717) is 0 Å². The molecule has 1 aromatic heterocycles. The molecule has 1 heterocycles. The van der Waals surface area contributed by atoms with Gasteiger partial charge in [-0.2, -0.15) is 0 Å². The van der Waals surface area contributed by atoms with Gasteiger partial charge in [0.25, 0.3) is 0 Å². The lowest BCUT2D eigenvalue weighted by atomic mass is 9.95. The van der Waals surface area contributed by atoms with Crippen molar-refractivity contribution in [2.24, 2.45) is 5.92 Å². The van der Waals surface area contributed by atoms with Gasteiger partial charge in [0, 0.05) is 4.88 Å². The van der Waals surface area contributed by atoms with E-state index in [-0.39, 0.29) is 11.8 Å². The fourth-order valence-corrected chi connectivity index (χ4v) is 2.96. The number of fused-ring (bicyclic) bond motifs is 1. The molecular formula is C9H10O2S. The Balaban J connectivity index is 2.41. The van der Waals surface area contributed by atoms with Crippen molar-refractivity contribution in [3.05, 3.63) is 21.9 Å². The van der Waals surface area contributed by atoms with E-state index in [2.05, 4.69) is 0 Å². The third-order valence-electron chi connectivity index (χ3n) is 2.46. The minimum Gasteiger partial charge on any atom is -0.481 e. The van der Waals surface area contributed by atoms with Crippen LogP contribution >= 0.6 is 11.3 Å². The summed E-state index contributed by atoms with van der Waals surface area (Å²) in [6.07, 6.45) is 0.934. The Morgan fingerprint density at radius 1 is 1.75 bits per heavy atom. The largest absolute Gasteiger partial charge is 0.481 e. The van der Waals surface area contributed by atoms with Crippen LogP contribution in [-0.4, -0.2) is 11.1 Å². The molecule has 1 aliphatic rings. The van der Waals surface area contributed by atoms with E-state index in [9.17, 15) is 4.79 Å². The zero-order chi connectivity index (χ0) is 8.72. The summed E-state index contributed by atoms with van der Waals surface area (Å²) in [5.41, 5.74) is 1.04. The smallest absolute Gasteiger partial charge is 0.311 e. The Labute approximate surface area is 74.8 Å². The maximum Gasteiger partial charge on any atom is 0.311 e. The average molecular weight is 182 g/mol. The minimum absolute atomic E-state index is 0.258. The summed E-state index contributed by atoms with van der Waals surface area (Å²) in [7, 11) is 0. The van der Waals surface area contributed by atoms with Crippen LogP contribution in [0.5, 0.6) is 0 Å². The normalized spacial score (nSPS) is 27.1. The van der Waals surface area contributed by atoms with E-state index < -0.39 is 5.97 Å². The highest BCUT2D eigenvalue weighted by Gasteiger charge is 2.35. The Morgan fingerprint density at radius 3 is 3.17 bits per heavy atom. The quantitative estimate of drug-likeness (QED) is 0.722. The highest BCUT2D eigenvalue weighted by atomic mass is 32.1. The number of thiophene rings is 1. The van der Waals surface area contributed by atoms with Crippen molar-refractivity contribution in [3.8, 4) is 0 Å². The molecule has 64 valence electrons. The van der Waals surface area contributed by atoms with Gasteiger partial charge in [0.1, 0.15) is 0 Å². The van der Waals surface area contributed by atoms with Crippen molar-refractivity contribution in [1.29, 1.82) is 0 Å². The van der Waals surface area contributed by atoms with Gasteiger partial charge in [0.15, 0.2) is 0 Å². The van der Waals surface area contributed by atoms with Gasteiger partial charge in [-0.15, -0.1) is 11.3 Å². The van der Waals surface area contributed by atoms with Gasteiger partial charge < -0.3 is 5.11 Å². The van der Waals surface area contributed by atoms with Gasteiger partial charge in [0.2, 0.25) is 0 Å². The summed E-state index contributed by atoms with van der Waals surface area (Å²) in [5, 5.41) is 10.9. The lowest BCUT2D eigenvalue weighted by molar-refractivity contribution is -0.139. The second kappa shape index (κ2) is 2.59. The summed E-state index contributed by atoms with van der Waals surface area (Å²) >= 11 is 1.67. The average Bonchev–Trinajstić information content (AvgIpc) is 2.44. The number of carboxylic acids is 1. The monoisotopic (exact) mass is 182 g/mol. The molecule has 0 bridgehead atoms. The number of carboxylic acid groups (broad SMARTS) is 1. The third kappa shape index (κ3) is 0.966. The number of carbonyl (C=O) groups is 1. The molecule has 0 amide bonds. The van der Waals surface area contributed by atoms with Gasteiger partial charge in [-0.1, -0.05) is 6.92 Å². The molecule has 3 heteroatoms. The van der Waals surface area contributed by atoms with Crippen molar-refractivity contribution < 1.29 is 9.90 Å². The maximum atomic E-state index is 10.9. The molecule has 0 saturated heterocycles. The van der Waals surface area contributed by atoms with Crippen LogP contribution in [-0.2, 0) is 11.2 Å². The third-order valence-corrected chi connectivity index (χ3v) is 3.42. The zero-order valence-corrected chi connectivity index (χ0v) is 7.60. The first-order valence-electron chi connectivity index (χ1n) is 3.99. The molecule has 0 radical (unpaired) electrons. The van der Waals surface area contributed by atoms with E-state index in [1.165, 1.54) is 4.88 Å². The topological polar surface area (TPSA) is 37.3 Å². The summed E-state index contributed by atoms with van der Waals surface area (Å²) in [6, 6.07) is 1.95. The van der Waals surface area contributed by atoms with Crippen molar-refractivity contribution in [1.82, 2.24) is 0 Å². The molecule has 0 aromatic carbocycles. The van der Waals surface area contributed by atoms with E-state index in [0.717, 1.165) is 12.0 Å². The lowest BCUT2D eigenvalue weighted by Crippen LogP contribution is -2.14. The Morgan fingerprint density at radius 2 is 2.50 bits per heavy atom. The van der Waals surface area contributed by atoms with Gasteiger partial charge in [-0.3, -0.25) is 4.79 Å². The predicted molar refractivity (Wildman–Crippen MR) is 47.6 cm³/mol. The summed E-state index contributed by atoms with van der Waals surface area (Å²) in [4.78, 5) is 12.1. The van der Waals surface area contributed by atoms with Crippen LogP contribution in [0.3, 0.4) is 0 Å². The van der Waals surface area contributed by atoms with Crippen LogP contribution in [0.4, 0.5) is 0 Å². The molecule has 2 unspecified atom stereocenters. The van der Waals surface area contributed by atoms with Gasteiger partial charge in [-0.05, 0) is 29.3 Å². The Bertz CT molecular complexity index is 316. The fourth-order valence-electron chi connectivity index (χ4n) is 1.89. The first kappa shape index (κ1) is 7.80. The lowest BCUT2D eigenvalue weighted by Gasteiger charge is -2.09. The standard InChI is InChI=1S/C9H10O2S/c1-5-4-7-6(2-3-12-7)8(5)9(10)11/h2-3,5,8H,4H2,1H3,(H,10,11). The molecule has 1 aromatic rings. The molecular weight excluding hydrogens is 172 g/mol. The summed E-state index contributed by atoms with van der Waals surface area (Å²) in [6.45, 7) is 2.01. The first-order chi connectivity index (χ1) is 5.70. The maximum absolute atomic E-state index is 10.9. The molecule has 2 atom stereocenters. The van der Waals surface area contributed by atoms with Crippen LogP contribution < -0.4 is 0 Å². The fraction of sp³-hybridized carbons (Fsp3) is 0.444. The van der Waals surface area contributed by atoms with Crippen molar-refractivity contribution in [2.45, 2.75) is 19.3 Å². The van der Waals surface area contributed by atoms with Crippen molar-refractivity contribution in [2.75, 3.05) is 0 Å².